The highest BCUT2D eigenvalue weighted by Gasteiger charge is 2.32. The number of allylic oxidation sites excluding steroid dienone is 1. The summed E-state index contributed by atoms with van der Waals surface area (Å²) in [5.74, 6) is 6.54. The van der Waals surface area contributed by atoms with Gasteiger partial charge in [-0.1, -0.05) is 0 Å². The van der Waals surface area contributed by atoms with Crippen molar-refractivity contribution in [2.75, 3.05) is 6.61 Å². The lowest BCUT2D eigenvalue weighted by molar-refractivity contribution is 0.0222. The first-order chi connectivity index (χ1) is 7.31. The lowest BCUT2D eigenvalue weighted by Gasteiger charge is -2.27. The number of nitrogens with two attached hydrogens (primary N) is 1. The Bertz CT molecular complexity index is 243. The summed E-state index contributed by atoms with van der Waals surface area (Å²) in [6, 6.07) is 0.0234. The van der Waals surface area contributed by atoms with Crippen LogP contribution in [-0.2, 0) is 9.47 Å². The number of hydrogen-bond acceptors (Lipinski definition) is 4. The summed E-state index contributed by atoms with van der Waals surface area (Å²) in [6.45, 7) is 2.90. The van der Waals surface area contributed by atoms with Gasteiger partial charge in [0.15, 0.2) is 0 Å². The summed E-state index contributed by atoms with van der Waals surface area (Å²) in [7, 11) is 0. The van der Waals surface area contributed by atoms with Gasteiger partial charge in [-0.15, -0.1) is 0 Å². The number of ether oxygens (including phenoxy) is 2. The predicted octanol–water partition coefficient (Wildman–Crippen LogP) is 1.08. The fraction of sp³-hybridized carbons (Fsp3) is 0.818. The molecule has 4 heteroatoms. The first kappa shape index (κ1) is 10.9. The van der Waals surface area contributed by atoms with E-state index in [4.69, 9.17) is 15.3 Å². The summed E-state index contributed by atoms with van der Waals surface area (Å²) >= 11 is 0. The normalized spacial score (nSPS) is 33.3. The summed E-state index contributed by atoms with van der Waals surface area (Å²) in [6.07, 6.45) is 6.97. The van der Waals surface area contributed by atoms with Crippen molar-refractivity contribution in [1.82, 2.24) is 5.43 Å². The van der Waals surface area contributed by atoms with Crippen molar-refractivity contribution < 1.29 is 9.47 Å². The van der Waals surface area contributed by atoms with E-state index in [1.165, 1.54) is 0 Å². The van der Waals surface area contributed by atoms with E-state index in [0.29, 0.717) is 6.10 Å². The average Bonchev–Trinajstić information content (AvgIpc) is 2.68. The van der Waals surface area contributed by atoms with Crippen molar-refractivity contribution >= 4 is 0 Å². The maximum absolute atomic E-state index is 5.80. The minimum absolute atomic E-state index is 0.0234. The van der Waals surface area contributed by atoms with Crippen LogP contribution in [0.4, 0.5) is 0 Å². The summed E-state index contributed by atoms with van der Waals surface area (Å²) in [4.78, 5) is 0. The van der Waals surface area contributed by atoms with E-state index in [1.54, 1.807) is 0 Å². The van der Waals surface area contributed by atoms with Crippen molar-refractivity contribution in [2.24, 2.45) is 5.84 Å². The lowest BCUT2D eigenvalue weighted by Crippen LogP contribution is -2.46. The second-order valence-corrected chi connectivity index (χ2v) is 4.30. The monoisotopic (exact) mass is 212 g/mol. The van der Waals surface area contributed by atoms with E-state index >= 15 is 0 Å². The van der Waals surface area contributed by atoms with Crippen LogP contribution in [0.1, 0.15) is 32.6 Å². The highest BCUT2D eigenvalue weighted by Crippen LogP contribution is 2.26. The average molecular weight is 212 g/mol. The van der Waals surface area contributed by atoms with Crippen LogP contribution in [0.5, 0.6) is 0 Å². The van der Waals surface area contributed by atoms with Gasteiger partial charge in [0.2, 0.25) is 0 Å². The Kier molecular flexibility index (Phi) is 3.61. The second kappa shape index (κ2) is 4.96. The molecule has 0 aromatic carbocycles. The third-order valence-corrected chi connectivity index (χ3v) is 3.09. The topological polar surface area (TPSA) is 56.5 Å². The summed E-state index contributed by atoms with van der Waals surface area (Å²) < 4.78 is 11.4. The second-order valence-electron chi connectivity index (χ2n) is 4.30. The molecule has 3 atom stereocenters. The molecule has 4 nitrogen and oxygen atoms in total. The van der Waals surface area contributed by atoms with Gasteiger partial charge < -0.3 is 9.47 Å². The third kappa shape index (κ3) is 2.51. The van der Waals surface area contributed by atoms with Crippen molar-refractivity contribution in [1.29, 1.82) is 0 Å². The maximum atomic E-state index is 5.80. The van der Waals surface area contributed by atoms with Crippen molar-refractivity contribution in [3.63, 3.8) is 0 Å². The van der Waals surface area contributed by atoms with E-state index in [9.17, 15) is 0 Å². The molecule has 0 saturated carbocycles. The molecule has 1 saturated heterocycles. The van der Waals surface area contributed by atoms with E-state index < -0.39 is 0 Å². The Balaban J connectivity index is 1.99. The first-order valence-corrected chi connectivity index (χ1v) is 5.75. The standard InChI is InChI=1S/C11H20N2O2/c1-8-5-6-10(15-8)11(13-12)9-4-2-3-7-14-9/h4,8,10-11,13H,2-3,5-7,12H2,1H3. The van der Waals surface area contributed by atoms with Gasteiger partial charge in [-0.3, -0.25) is 5.84 Å². The molecular weight excluding hydrogens is 192 g/mol. The molecule has 0 aromatic heterocycles. The van der Waals surface area contributed by atoms with Gasteiger partial charge >= 0.3 is 0 Å². The molecule has 2 heterocycles. The van der Waals surface area contributed by atoms with Crippen LogP contribution in [0.3, 0.4) is 0 Å². The predicted molar refractivity (Wildman–Crippen MR) is 57.9 cm³/mol. The van der Waals surface area contributed by atoms with Crippen LogP contribution < -0.4 is 11.3 Å². The minimum atomic E-state index is 0.0234. The quantitative estimate of drug-likeness (QED) is 0.543. The van der Waals surface area contributed by atoms with Gasteiger partial charge in [-0.25, -0.2) is 5.43 Å². The van der Waals surface area contributed by atoms with Crippen LogP contribution in [-0.4, -0.2) is 24.9 Å². The number of nitrogens with one attached hydrogen (secondary N) is 1. The zero-order valence-electron chi connectivity index (χ0n) is 9.24. The number of hydrazine groups is 1. The zero-order valence-corrected chi connectivity index (χ0v) is 9.24. The Morgan fingerprint density at radius 3 is 2.93 bits per heavy atom. The van der Waals surface area contributed by atoms with Crippen molar-refractivity contribution in [2.45, 2.75) is 50.9 Å². The van der Waals surface area contributed by atoms with Gasteiger partial charge in [-0.2, -0.15) is 0 Å². The van der Waals surface area contributed by atoms with Crippen LogP contribution in [0, 0.1) is 0 Å². The SMILES string of the molecule is CC1CCC(C(NN)C2=CCCCO2)O1. The van der Waals surface area contributed by atoms with Crippen molar-refractivity contribution in [3.05, 3.63) is 11.8 Å². The summed E-state index contributed by atoms with van der Waals surface area (Å²) in [5, 5.41) is 0. The molecule has 2 aliphatic heterocycles. The Morgan fingerprint density at radius 1 is 1.53 bits per heavy atom. The van der Waals surface area contributed by atoms with Gasteiger partial charge in [0.1, 0.15) is 11.8 Å². The number of rotatable bonds is 3. The Morgan fingerprint density at radius 2 is 2.40 bits per heavy atom. The molecule has 3 N–H and O–H groups in total. The van der Waals surface area contributed by atoms with E-state index in [-0.39, 0.29) is 12.1 Å². The molecule has 0 bridgehead atoms. The molecule has 0 spiro atoms. The van der Waals surface area contributed by atoms with Gasteiger partial charge in [0, 0.05) is 0 Å². The Labute approximate surface area is 90.8 Å². The number of hydrogen-bond donors (Lipinski definition) is 2. The fourth-order valence-corrected chi connectivity index (χ4v) is 2.24. The summed E-state index contributed by atoms with van der Waals surface area (Å²) in [5.41, 5.74) is 2.82. The first-order valence-electron chi connectivity index (χ1n) is 5.75. The van der Waals surface area contributed by atoms with E-state index in [0.717, 1.165) is 38.0 Å². The maximum Gasteiger partial charge on any atom is 0.113 e. The fourth-order valence-electron chi connectivity index (χ4n) is 2.24. The molecule has 2 rings (SSSR count). The van der Waals surface area contributed by atoms with E-state index in [1.807, 2.05) is 0 Å². The van der Waals surface area contributed by atoms with Crippen LogP contribution >= 0.6 is 0 Å². The van der Waals surface area contributed by atoms with E-state index in [2.05, 4.69) is 18.4 Å². The molecule has 0 radical (unpaired) electrons. The largest absolute Gasteiger partial charge is 0.496 e. The highest BCUT2D eigenvalue weighted by atomic mass is 16.5. The zero-order chi connectivity index (χ0) is 10.7. The lowest BCUT2D eigenvalue weighted by atomic mass is 10.0. The highest BCUT2D eigenvalue weighted by molar-refractivity contribution is 5.08. The Hall–Kier alpha value is -0.580. The van der Waals surface area contributed by atoms with Crippen LogP contribution in [0.2, 0.25) is 0 Å². The van der Waals surface area contributed by atoms with Gasteiger partial charge in [-0.05, 0) is 38.7 Å². The minimum Gasteiger partial charge on any atom is -0.496 e. The molecule has 0 aromatic rings. The smallest absolute Gasteiger partial charge is 0.113 e. The molecule has 86 valence electrons. The third-order valence-electron chi connectivity index (χ3n) is 3.09. The molecule has 3 unspecified atom stereocenters. The van der Waals surface area contributed by atoms with Gasteiger partial charge in [0.25, 0.3) is 0 Å². The molecule has 0 amide bonds. The molecule has 2 aliphatic rings. The molecule has 1 fully saturated rings. The van der Waals surface area contributed by atoms with Gasteiger partial charge in [0.05, 0.1) is 18.8 Å². The molecule has 15 heavy (non-hydrogen) atoms. The van der Waals surface area contributed by atoms with Crippen LogP contribution in [0.15, 0.2) is 11.8 Å². The van der Waals surface area contributed by atoms with Crippen molar-refractivity contribution in [3.8, 4) is 0 Å². The van der Waals surface area contributed by atoms with Crippen LogP contribution in [0.25, 0.3) is 0 Å². The molecular formula is C11H20N2O2. The molecule has 0 aliphatic carbocycles.